The highest BCUT2D eigenvalue weighted by Crippen LogP contribution is 2.46. The molecular weight excluding hydrogens is 364 g/mol. The van der Waals surface area contributed by atoms with E-state index in [4.69, 9.17) is 23.0 Å². The van der Waals surface area contributed by atoms with Crippen molar-refractivity contribution in [3.8, 4) is 23.0 Å². The summed E-state index contributed by atoms with van der Waals surface area (Å²) in [6, 6.07) is 5.19. The van der Waals surface area contributed by atoms with Gasteiger partial charge in [0.15, 0.2) is 28.4 Å². The number of hydrogen-bond donors (Lipinski definition) is 1. The average Bonchev–Trinajstić information content (AvgIpc) is 3.24. The summed E-state index contributed by atoms with van der Waals surface area (Å²) in [7, 11) is 0. The molecule has 2 aliphatic rings. The van der Waals surface area contributed by atoms with E-state index in [9.17, 15) is 9.90 Å². The molecule has 0 amide bonds. The van der Waals surface area contributed by atoms with Gasteiger partial charge in [-0.3, -0.25) is 0 Å². The van der Waals surface area contributed by atoms with E-state index in [2.05, 4.69) is 0 Å². The molecular formula is C21H16O7. The molecule has 7 nitrogen and oxygen atoms in total. The lowest BCUT2D eigenvalue weighted by Gasteiger charge is -2.32. The normalized spacial score (nSPS) is 17.2. The van der Waals surface area contributed by atoms with Gasteiger partial charge in [0.05, 0.1) is 5.39 Å². The minimum absolute atomic E-state index is 0.0726. The predicted molar refractivity (Wildman–Crippen MR) is 101 cm³/mol. The highest BCUT2D eigenvalue weighted by molar-refractivity contribution is 6.14. The Hall–Kier alpha value is -3.35. The van der Waals surface area contributed by atoms with Crippen molar-refractivity contribution in [3.05, 3.63) is 34.2 Å². The lowest BCUT2D eigenvalue weighted by Crippen LogP contribution is -2.32. The first kappa shape index (κ1) is 15.7. The van der Waals surface area contributed by atoms with E-state index in [1.807, 2.05) is 13.8 Å². The van der Waals surface area contributed by atoms with E-state index in [1.54, 1.807) is 18.2 Å². The number of benzene rings is 2. The Morgan fingerprint density at radius 3 is 2.54 bits per heavy atom. The Morgan fingerprint density at radius 1 is 0.964 bits per heavy atom. The molecule has 6 rings (SSSR count). The third kappa shape index (κ3) is 1.96. The maximum atomic E-state index is 12.8. The second-order valence-electron chi connectivity index (χ2n) is 7.84. The smallest absolute Gasteiger partial charge is 0.348 e. The van der Waals surface area contributed by atoms with Crippen molar-refractivity contribution >= 4 is 32.9 Å². The van der Waals surface area contributed by atoms with Crippen LogP contribution >= 0.6 is 0 Å². The van der Waals surface area contributed by atoms with E-state index < -0.39 is 5.63 Å². The van der Waals surface area contributed by atoms with Gasteiger partial charge in [-0.05, 0) is 38.8 Å². The summed E-state index contributed by atoms with van der Waals surface area (Å²) in [5.74, 6) is 1.61. The zero-order valence-corrected chi connectivity index (χ0v) is 15.3. The summed E-state index contributed by atoms with van der Waals surface area (Å²) < 4.78 is 28.4. The molecule has 4 aromatic rings. The molecule has 2 aromatic heterocycles. The van der Waals surface area contributed by atoms with Crippen molar-refractivity contribution in [2.75, 3.05) is 6.79 Å². The fourth-order valence-corrected chi connectivity index (χ4v) is 4.07. The lowest BCUT2D eigenvalue weighted by molar-refractivity contribution is 0.0839. The third-order valence-electron chi connectivity index (χ3n) is 5.51. The van der Waals surface area contributed by atoms with Gasteiger partial charge in [-0.15, -0.1) is 0 Å². The number of aromatic hydroxyl groups is 1. The van der Waals surface area contributed by atoms with E-state index in [0.29, 0.717) is 56.6 Å². The molecule has 2 aliphatic heterocycles. The maximum absolute atomic E-state index is 12.8. The van der Waals surface area contributed by atoms with E-state index in [1.165, 1.54) is 0 Å². The van der Waals surface area contributed by atoms with Gasteiger partial charge in [0.2, 0.25) is 6.79 Å². The van der Waals surface area contributed by atoms with Crippen LogP contribution in [-0.4, -0.2) is 17.5 Å². The molecule has 0 unspecified atom stereocenters. The Balaban J connectivity index is 1.74. The maximum Gasteiger partial charge on any atom is 0.348 e. The number of fused-ring (bicyclic) bond motifs is 7. The molecule has 28 heavy (non-hydrogen) atoms. The molecule has 0 atom stereocenters. The van der Waals surface area contributed by atoms with Crippen LogP contribution in [0.4, 0.5) is 0 Å². The fraction of sp³-hybridized carbons (Fsp3) is 0.286. The summed E-state index contributed by atoms with van der Waals surface area (Å²) >= 11 is 0. The predicted octanol–water partition coefficient (Wildman–Crippen LogP) is 4.23. The highest BCUT2D eigenvalue weighted by atomic mass is 16.7. The first-order chi connectivity index (χ1) is 13.4. The zero-order chi connectivity index (χ0) is 19.2. The minimum atomic E-state index is -0.576. The number of phenolic OH excluding ortho intramolecular Hbond substituents is 1. The quantitative estimate of drug-likeness (QED) is 0.457. The van der Waals surface area contributed by atoms with Crippen LogP contribution in [0.15, 0.2) is 31.8 Å². The van der Waals surface area contributed by atoms with Crippen LogP contribution in [0.2, 0.25) is 0 Å². The van der Waals surface area contributed by atoms with Gasteiger partial charge >= 0.3 is 5.63 Å². The van der Waals surface area contributed by atoms with Crippen LogP contribution in [0.3, 0.4) is 0 Å². The zero-order valence-electron chi connectivity index (χ0n) is 15.3. The summed E-state index contributed by atoms with van der Waals surface area (Å²) in [5, 5.41) is 12.1. The number of ether oxygens (including phenoxy) is 3. The molecule has 0 spiro atoms. The minimum Gasteiger partial charge on any atom is -0.504 e. The lowest BCUT2D eigenvalue weighted by atomic mass is 9.93. The van der Waals surface area contributed by atoms with Gasteiger partial charge in [-0.25, -0.2) is 4.79 Å². The van der Waals surface area contributed by atoms with E-state index in [0.717, 1.165) is 6.42 Å². The molecule has 0 aliphatic carbocycles. The molecule has 142 valence electrons. The van der Waals surface area contributed by atoms with E-state index >= 15 is 0 Å². The summed E-state index contributed by atoms with van der Waals surface area (Å²) in [5.41, 5.74) is 0.662. The Morgan fingerprint density at radius 2 is 1.71 bits per heavy atom. The third-order valence-corrected chi connectivity index (χ3v) is 5.51. The van der Waals surface area contributed by atoms with Crippen LogP contribution in [0, 0.1) is 0 Å². The van der Waals surface area contributed by atoms with Gasteiger partial charge in [-0.1, -0.05) is 0 Å². The number of phenols is 1. The van der Waals surface area contributed by atoms with Gasteiger partial charge in [0.1, 0.15) is 22.3 Å². The number of furan rings is 1. The van der Waals surface area contributed by atoms with Gasteiger partial charge in [0, 0.05) is 17.0 Å². The topological polar surface area (TPSA) is 91.3 Å². The molecule has 0 fully saturated rings. The van der Waals surface area contributed by atoms with Crippen LogP contribution in [0.1, 0.15) is 25.8 Å². The molecule has 4 heterocycles. The number of hydrogen-bond acceptors (Lipinski definition) is 7. The first-order valence-corrected chi connectivity index (χ1v) is 9.08. The Kier molecular flexibility index (Phi) is 2.76. The molecule has 7 heteroatoms. The summed E-state index contributed by atoms with van der Waals surface area (Å²) in [4.78, 5) is 12.8. The second-order valence-corrected chi connectivity index (χ2v) is 7.84. The Bertz CT molecular complexity index is 1370. The van der Waals surface area contributed by atoms with Crippen molar-refractivity contribution in [1.29, 1.82) is 0 Å². The fourth-order valence-electron chi connectivity index (χ4n) is 4.07. The molecule has 0 bridgehead atoms. The monoisotopic (exact) mass is 380 g/mol. The van der Waals surface area contributed by atoms with E-state index in [-0.39, 0.29) is 23.7 Å². The van der Waals surface area contributed by atoms with Gasteiger partial charge in [0.25, 0.3) is 0 Å². The standard InChI is InChI=1S/C21H16O7/c1-21(2)4-3-9-13(28-21)6-11-18-16(20(23)27-19(11)17(9)22)10-5-14-15(25-8-24-14)7-12(10)26-18/h5-7,22H,3-4,8H2,1-2H3. The second kappa shape index (κ2) is 4.92. The SMILES string of the molecule is CC1(C)CCc2c(cc3c(oc(=O)c4c5cc6c(cc5oc34)OCO6)c2O)O1. The molecule has 0 saturated heterocycles. The largest absolute Gasteiger partial charge is 0.504 e. The Labute approximate surface area is 158 Å². The molecule has 2 aromatic carbocycles. The van der Waals surface area contributed by atoms with Gasteiger partial charge < -0.3 is 28.2 Å². The molecule has 1 N–H and O–H groups in total. The highest BCUT2D eigenvalue weighted by Gasteiger charge is 2.31. The van der Waals surface area contributed by atoms with Crippen LogP contribution < -0.4 is 19.8 Å². The van der Waals surface area contributed by atoms with Crippen molar-refractivity contribution in [2.45, 2.75) is 32.3 Å². The van der Waals surface area contributed by atoms with Crippen molar-refractivity contribution in [1.82, 2.24) is 0 Å². The molecule has 0 saturated carbocycles. The van der Waals surface area contributed by atoms with Crippen LogP contribution in [0.25, 0.3) is 32.9 Å². The van der Waals surface area contributed by atoms with Crippen LogP contribution in [0.5, 0.6) is 23.0 Å². The van der Waals surface area contributed by atoms with Crippen LogP contribution in [-0.2, 0) is 6.42 Å². The average molecular weight is 380 g/mol. The van der Waals surface area contributed by atoms with Crippen molar-refractivity contribution < 1.29 is 28.2 Å². The first-order valence-electron chi connectivity index (χ1n) is 9.08. The molecule has 0 radical (unpaired) electrons. The van der Waals surface area contributed by atoms with Crippen molar-refractivity contribution in [3.63, 3.8) is 0 Å². The summed E-state index contributed by atoms with van der Waals surface area (Å²) in [6.07, 6.45) is 1.38. The van der Waals surface area contributed by atoms with Gasteiger partial charge in [-0.2, -0.15) is 0 Å². The summed E-state index contributed by atoms with van der Waals surface area (Å²) in [6.45, 7) is 4.13. The van der Waals surface area contributed by atoms with Crippen molar-refractivity contribution in [2.24, 2.45) is 0 Å². The number of rotatable bonds is 0.